The van der Waals surface area contributed by atoms with Crippen LogP contribution >= 0.6 is 0 Å². The van der Waals surface area contributed by atoms with Gasteiger partial charge in [0, 0.05) is 0 Å². The van der Waals surface area contributed by atoms with Crippen LogP contribution < -0.4 is 5.56 Å². The molecule has 2 aromatic carbocycles. The molecule has 0 saturated carbocycles. The van der Waals surface area contributed by atoms with Crippen LogP contribution in [-0.2, 0) is 0 Å². The van der Waals surface area contributed by atoms with Gasteiger partial charge in [-0.25, -0.2) is 4.98 Å². The molecule has 3 nitrogen and oxygen atoms in total. The van der Waals surface area contributed by atoms with Crippen molar-refractivity contribution in [3.05, 3.63) is 65.2 Å². The minimum absolute atomic E-state index is 0.102. The zero-order chi connectivity index (χ0) is 11.7. The molecule has 0 saturated heterocycles. The Balaban J connectivity index is 2.42. The number of nitrogens with zero attached hydrogens (tertiary/aromatic N) is 1. The summed E-state index contributed by atoms with van der Waals surface area (Å²) in [5, 5.41) is 0.640. The summed E-state index contributed by atoms with van der Waals surface area (Å²) in [6.45, 7) is 0. The topological polar surface area (TPSA) is 45.8 Å². The van der Waals surface area contributed by atoms with Gasteiger partial charge in [-0.3, -0.25) is 4.79 Å². The quantitative estimate of drug-likeness (QED) is 0.687. The van der Waals surface area contributed by atoms with E-state index in [1.165, 1.54) is 6.33 Å². The Hall–Kier alpha value is -2.42. The Morgan fingerprint density at radius 3 is 2.59 bits per heavy atom. The first kappa shape index (κ1) is 9.78. The normalized spacial score (nSPS) is 10.6. The van der Waals surface area contributed by atoms with E-state index in [1.807, 2.05) is 48.5 Å². The molecule has 3 heteroatoms. The molecule has 0 aliphatic rings. The minimum atomic E-state index is -0.102. The molecule has 3 rings (SSSR count). The summed E-state index contributed by atoms with van der Waals surface area (Å²) in [4.78, 5) is 18.7. The number of nitrogens with one attached hydrogen (secondary N) is 1. The van der Waals surface area contributed by atoms with Crippen molar-refractivity contribution in [3.8, 4) is 11.1 Å². The van der Waals surface area contributed by atoms with Crippen molar-refractivity contribution < 1.29 is 0 Å². The van der Waals surface area contributed by atoms with E-state index >= 15 is 0 Å². The fourth-order valence-corrected chi connectivity index (χ4v) is 1.98. The molecular weight excluding hydrogens is 212 g/mol. The number of hydrogen-bond donors (Lipinski definition) is 1. The van der Waals surface area contributed by atoms with Gasteiger partial charge < -0.3 is 4.98 Å². The van der Waals surface area contributed by atoms with Crippen LogP contribution in [0.2, 0.25) is 0 Å². The fraction of sp³-hybridized carbons (Fsp3) is 0. The zero-order valence-corrected chi connectivity index (χ0v) is 9.05. The summed E-state index contributed by atoms with van der Waals surface area (Å²) in [5.41, 5.74) is 2.55. The summed E-state index contributed by atoms with van der Waals surface area (Å²) in [6, 6.07) is 15.5. The van der Waals surface area contributed by atoms with Gasteiger partial charge in [0.15, 0.2) is 0 Å². The van der Waals surface area contributed by atoms with Crippen LogP contribution in [0.4, 0.5) is 0 Å². The van der Waals surface area contributed by atoms with Crippen LogP contribution in [0.3, 0.4) is 0 Å². The molecule has 0 radical (unpaired) electrons. The highest BCUT2D eigenvalue weighted by molar-refractivity contribution is 5.93. The second-order valence-corrected chi connectivity index (χ2v) is 3.80. The molecule has 3 aromatic rings. The van der Waals surface area contributed by atoms with Crippen molar-refractivity contribution in [2.45, 2.75) is 0 Å². The minimum Gasteiger partial charge on any atom is -0.313 e. The van der Waals surface area contributed by atoms with Gasteiger partial charge in [0.2, 0.25) is 0 Å². The largest absolute Gasteiger partial charge is 0.313 e. The number of aromatic nitrogens is 2. The van der Waals surface area contributed by atoms with E-state index in [2.05, 4.69) is 9.97 Å². The maximum absolute atomic E-state index is 11.9. The van der Waals surface area contributed by atoms with Crippen LogP contribution in [0, 0.1) is 0 Å². The Morgan fingerprint density at radius 1 is 0.941 bits per heavy atom. The van der Waals surface area contributed by atoms with Gasteiger partial charge in [0.25, 0.3) is 5.56 Å². The average molecular weight is 222 g/mol. The van der Waals surface area contributed by atoms with Gasteiger partial charge in [-0.1, -0.05) is 42.5 Å². The summed E-state index contributed by atoms with van der Waals surface area (Å²) < 4.78 is 0. The van der Waals surface area contributed by atoms with Gasteiger partial charge >= 0.3 is 0 Å². The van der Waals surface area contributed by atoms with Gasteiger partial charge in [-0.15, -0.1) is 0 Å². The number of aromatic amines is 1. The van der Waals surface area contributed by atoms with E-state index < -0.39 is 0 Å². The third-order valence-electron chi connectivity index (χ3n) is 2.75. The lowest BCUT2D eigenvalue weighted by Crippen LogP contribution is -2.07. The van der Waals surface area contributed by atoms with E-state index in [0.29, 0.717) is 5.39 Å². The molecule has 0 unspecified atom stereocenters. The van der Waals surface area contributed by atoms with Crippen molar-refractivity contribution in [2.75, 3.05) is 0 Å². The Bertz CT molecular complexity index is 712. The smallest absolute Gasteiger partial charge is 0.259 e. The zero-order valence-electron chi connectivity index (χ0n) is 9.05. The number of benzene rings is 2. The molecule has 1 N–H and O–H groups in total. The molecule has 0 aliphatic heterocycles. The molecule has 0 atom stereocenters. The van der Waals surface area contributed by atoms with Crippen molar-refractivity contribution in [1.82, 2.24) is 9.97 Å². The maximum atomic E-state index is 11.9. The maximum Gasteiger partial charge on any atom is 0.259 e. The lowest BCUT2D eigenvalue weighted by molar-refractivity contribution is 1.17. The standard InChI is InChI=1S/C14H10N2O/c17-14-13-11(10-5-2-1-3-6-10)7-4-8-12(13)15-9-16-14/h1-9H,(H,15,16,17). The summed E-state index contributed by atoms with van der Waals surface area (Å²) >= 11 is 0. The highest BCUT2D eigenvalue weighted by Crippen LogP contribution is 2.24. The van der Waals surface area contributed by atoms with Crippen molar-refractivity contribution in [3.63, 3.8) is 0 Å². The number of fused-ring (bicyclic) bond motifs is 1. The lowest BCUT2D eigenvalue weighted by atomic mass is 10.0. The predicted molar refractivity (Wildman–Crippen MR) is 67.8 cm³/mol. The third kappa shape index (κ3) is 1.61. The van der Waals surface area contributed by atoms with Crippen molar-refractivity contribution in [1.29, 1.82) is 0 Å². The van der Waals surface area contributed by atoms with Crippen molar-refractivity contribution >= 4 is 10.9 Å². The van der Waals surface area contributed by atoms with E-state index in [4.69, 9.17) is 0 Å². The van der Waals surface area contributed by atoms with Crippen LogP contribution in [0.25, 0.3) is 22.0 Å². The van der Waals surface area contributed by atoms with Gasteiger partial charge in [0.1, 0.15) is 0 Å². The number of hydrogen-bond acceptors (Lipinski definition) is 2. The molecule has 0 bridgehead atoms. The molecule has 0 amide bonds. The molecule has 1 aromatic heterocycles. The monoisotopic (exact) mass is 222 g/mol. The number of H-pyrrole nitrogens is 1. The van der Waals surface area contributed by atoms with E-state index in [9.17, 15) is 4.79 Å². The molecule has 1 heterocycles. The number of rotatable bonds is 1. The fourth-order valence-electron chi connectivity index (χ4n) is 1.98. The van der Waals surface area contributed by atoms with Crippen LogP contribution in [0.15, 0.2) is 59.7 Å². The highest BCUT2D eigenvalue weighted by atomic mass is 16.1. The first-order valence-corrected chi connectivity index (χ1v) is 5.38. The SMILES string of the molecule is O=c1[nH]cnc2cccc(-c3ccccc3)c12. The lowest BCUT2D eigenvalue weighted by Gasteiger charge is -2.04. The van der Waals surface area contributed by atoms with E-state index in [1.54, 1.807) is 0 Å². The second-order valence-electron chi connectivity index (χ2n) is 3.80. The molecule has 0 spiro atoms. The van der Waals surface area contributed by atoms with Gasteiger partial charge in [-0.05, 0) is 17.2 Å². The summed E-state index contributed by atoms with van der Waals surface area (Å²) in [5.74, 6) is 0. The second kappa shape index (κ2) is 3.87. The Labute approximate surface area is 97.8 Å². The summed E-state index contributed by atoms with van der Waals surface area (Å²) in [7, 11) is 0. The molecular formula is C14H10N2O. The third-order valence-corrected chi connectivity index (χ3v) is 2.75. The predicted octanol–water partition coefficient (Wildman–Crippen LogP) is 2.59. The van der Waals surface area contributed by atoms with Crippen LogP contribution in [0.5, 0.6) is 0 Å². The average Bonchev–Trinajstić information content (AvgIpc) is 2.39. The van der Waals surface area contributed by atoms with Crippen molar-refractivity contribution in [2.24, 2.45) is 0 Å². The van der Waals surface area contributed by atoms with E-state index in [-0.39, 0.29) is 5.56 Å². The Kier molecular flexibility index (Phi) is 2.22. The van der Waals surface area contributed by atoms with Crippen LogP contribution in [-0.4, -0.2) is 9.97 Å². The van der Waals surface area contributed by atoms with E-state index in [0.717, 1.165) is 16.6 Å². The molecule has 0 fully saturated rings. The molecule has 0 aliphatic carbocycles. The molecule has 82 valence electrons. The Morgan fingerprint density at radius 2 is 1.76 bits per heavy atom. The highest BCUT2D eigenvalue weighted by Gasteiger charge is 2.06. The first-order valence-electron chi connectivity index (χ1n) is 5.38. The summed E-state index contributed by atoms with van der Waals surface area (Å²) in [6.07, 6.45) is 1.43. The molecule has 17 heavy (non-hydrogen) atoms. The van der Waals surface area contributed by atoms with Crippen LogP contribution in [0.1, 0.15) is 0 Å². The van der Waals surface area contributed by atoms with Gasteiger partial charge in [-0.2, -0.15) is 0 Å². The van der Waals surface area contributed by atoms with Gasteiger partial charge in [0.05, 0.1) is 17.2 Å². The first-order chi connectivity index (χ1) is 8.36.